The number of rotatable bonds is 7. The van der Waals surface area contributed by atoms with Crippen molar-refractivity contribution < 1.29 is 4.74 Å². The molecule has 0 saturated carbocycles. The van der Waals surface area contributed by atoms with E-state index in [9.17, 15) is 0 Å². The first-order valence-corrected chi connectivity index (χ1v) is 6.54. The van der Waals surface area contributed by atoms with Crippen LogP contribution in [0.15, 0.2) is 30.5 Å². The first-order valence-electron chi connectivity index (χ1n) is 6.54. The highest BCUT2D eigenvalue weighted by atomic mass is 16.5. The van der Waals surface area contributed by atoms with Crippen molar-refractivity contribution in [1.29, 1.82) is 0 Å². The largest absolute Gasteiger partial charge is 0.384 e. The van der Waals surface area contributed by atoms with Gasteiger partial charge < -0.3 is 10.1 Å². The number of benzene rings is 1. The molecule has 5 nitrogen and oxygen atoms in total. The summed E-state index contributed by atoms with van der Waals surface area (Å²) in [5.41, 5.74) is 3.35. The van der Waals surface area contributed by atoms with Crippen molar-refractivity contribution in [3.63, 3.8) is 0 Å². The van der Waals surface area contributed by atoms with Crippen LogP contribution in [0.2, 0.25) is 0 Å². The van der Waals surface area contributed by atoms with Gasteiger partial charge in [0.05, 0.1) is 24.2 Å². The van der Waals surface area contributed by atoms with E-state index >= 15 is 0 Å². The maximum atomic E-state index is 5.16. The van der Waals surface area contributed by atoms with E-state index < -0.39 is 0 Å². The normalized spacial score (nSPS) is 10.8. The van der Waals surface area contributed by atoms with Gasteiger partial charge in [-0.1, -0.05) is 30.3 Å². The number of hydrogen-bond acceptors (Lipinski definition) is 4. The Kier molecular flexibility index (Phi) is 5.06. The number of hydrogen-bond donors (Lipinski definition) is 1. The van der Waals surface area contributed by atoms with E-state index in [1.54, 1.807) is 13.3 Å². The molecule has 0 aliphatic carbocycles. The SMILES string of the molecule is CCNCc1cnnn1-c1ccccc1CCOC. The minimum atomic E-state index is 0.703. The molecule has 0 atom stereocenters. The molecule has 102 valence electrons. The van der Waals surface area contributed by atoms with Gasteiger partial charge >= 0.3 is 0 Å². The smallest absolute Gasteiger partial charge is 0.0783 e. The third-order valence-corrected chi connectivity index (χ3v) is 2.97. The molecule has 0 aliphatic rings. The predicted octanol–water partition coefficient (Wildman–Crippen LogP) is 1.57. The molecule has 0 fully saturated rings. The van der Waals surface area contributed by atoms with Crippen molar-refractivity contribution in [2.75, 3.05) is 20.3 Å². The maximum absolute atomic E-state index is 5.16. The number of ether oxygens (including phenoxy) is 1. The van der Waals surface area contributed by atoms with Crippen LogP contribution in [-0.2, 0) is 17.7 Å². The standard InChI is InChI=1S/C14H20N4O/c1-3-15-10-13-11-16-17-18(13)14-7-5-4-6-12(14)8-9-19-2/h4-7,11,15H,3,8-10H2,1-2H3. The Morgan fingerprint density at radius 2 is 2.16 bits per heavy atom. The van der Waals surface area contributed by atoms with Gasteiger partial charge in [-0.25, -0.2) is 4.68 Å². The average Bonchev–Trinajstić information content (AvgIpc) is 2.91. The summed E-state index contributed by atoms with van der Waals surface area (Å²) in [5, 5.41) is 11.5. The van der Waals surface area contributed by atoms with Gasteiger partial charge in [0.1, 0.15) is 0 Å². The van der Waals surface area contributed by atoms with Gasteiger partial charge in [0.25, 0.3) is 0 Å². The van der Waals surface area contributed by atoms with Gasteiger partial charge in [-0.15, -0.1) is 5.10 Å². The number of nitrogens with one attached hydrogen (secondary N) is 1. The predicted molar refractivity (Wildman–Crippen MR) is 74.3 cm³/mol. The van der Waals surface area contributed by atoms with E-state index in [1.165, 1.54) is 5.56 Å². The monoisotopic (exact) mass is 260 g/mol. The van der Waals surface area contributed by atoms with Crippen molar-refractivity contribution in [1.82, 2.24) is 20.3 Å². The van der Waals surface area contributed by atoms with E-state index in [4.69, 9.17) is 4.74 Å². The molecule has 0 spiro atoms. The van der Waals surface area contributed by atoms with Crippen molar-refractivity contribution >= 4 is 0 Å². The van der Waals surface area contributed by atoms with Crippen LogP contribution in [0.25, 0.3) is 5.69 Å². The third kappa shape index (κ3) is 3.39. The Bertz CT molecular complexity index is 510. The first kappa shape index (κ1) is 13.7. The molecular formula is C14H20N4O. The molecular weight excluding hydrogens is 240 g/mol. The van der Waals surface area contributed by atoms with Gasteiger partial charge in [0, 0.05) is 13.7 Å². The quantitative estimate of drug-likeness (QED) is 0.821. The fraction of sp³-hybridized carbons (Fsp3) is 0.429. The maximum Gasteiger partial charge on any atom is 0.0783 e. The van der Waals surface area contributed by atoms with E-state index in [-0.39, 0.29) is 0 Å². The van der Waals surface area contributed by atoms with Crippen molar-refractivity contribution in [2.45, 2.75) is 19.9 Å². The topological polar surface area (TPSA) is 52.0 Å². The van der Waals surface area contributed by atoms with Crippen LogP contribution in [0.4, 0.5) is 0 Å². The second kappa shape index (κ2) is 7.01. The van der Waals surface area contributed by atoms with Gasteiger partial charge in [-0.05, 0) is 24.6 Å². The number of aromatic nitrogens is 3. The van der Waals surface area contributed by atoms with E-state index in [1.807, 2.05) is 16.8 Å². The molecule has 0 bridgehead atoms. The van der Waals surface area contributed by atoms with Crippen LogP contribution >= 0.6 is 0 Å². The van der Waals surface area contributed by atoms with Gasteiger partial charge in [0.15, 0.2) is 0 Å². The Morgan fingerprint density at radius 3 is 2.95 bits per heavy atom. The molecule has 0 aliphatic heterocycles. The molecule has 2 aromatic rings. The van der Waals surface area contributed by atoms with Gasteiger partial charge in [-0.3, -0.25) is 0 Å². The number of nitrogens with zero attached hydrogens (tertiary/aromatic N) is 3. The Balaban J connectivity index is 2.28. The number of methoxy groups -OCH3 is 1. The zero-order chi connectivity index (χ0) is 13.5. The molecule has 0 amide bonds. The summed E-state index contributed by atoms with van der Waals surface area (Å²) in [5.74, 6) is 0. The van der Waals surface area contributed by atoms with Crippen LogP contribution in [0.5, 0.6) is 0 Å². The van der Waals surface area contributed by atoms with Crippen LogP contribution in [0.3, 0.4) is 0 Å². The van der Waals surface area contributed by atoms with Crippen molar-refractivity contribution in [3.05, 3.63) is 41.7 Å². The zero-order valence-electron chi connectivity index (χ0n) is 11.5. The summed E-state index contributed by atoms with van der Waals surface area (Å²) in [6, 6.07) is 8.22. The Morgan fingerprint density at radius 1 is 1.32 bits per heavy atom. The van der Waals surface area contributed by atoms with Crippen LogP contribution in [0.1, 0.15) is 18.2 Å². The molecule has 1 aromatic heterocycles. The van der Waals surface area contributed by atoms with E-state index in [0.717, 1.165) is 30.9 Å². The highest BCUT2D eigenvalue weighted by molar-refractivity contribution is 5.41. The molecule has 0 radical (unpaired) electrons. The van der Waals surface area contributed by atoms with Crippen molar-refractivity contribution in [3.8, 4) is 5.69 Å². The third-order valence-electron chi connectivity index (χ3n) is 2.97. The molecule has 1 N–H and O–H groups in total. The summed E-state index contributed by atoms with van der Waals surface area (Å²) >= 11 is 0. The summed E-state index contributed by atoms with van der Waals surface area (Å²) < 4.78 is 7.05. The van der Waals surface area contributed by atoms with Gasteiger partial charge in [0.2, 0.25) is 0 Å². The molecule has 0 saturated heterocycles. The fourth-order valence-electron chi connectivity index (χ4n) is 1.97. The summed E-state index contributed by atoms with van der Waals surface area (Å²) in [7, 11) is 1.72. The molecule has 1 aromatic carbocycles. The summed E-state index contributed by atoms with van der Waals surface area (Å²) in [4.78, 5) is 0. The van der Waals surface area contributed by atoms with E-state index in [0.29, 0.717) is 6.61 Å². The lowest BCUT2D eigenvalue weighted by Gasteiger charge is -2.11. The van der Waals surface area contributed by atoms with Gasteiger partial charge in [-0.2, -0.15) is 0 Å². The van der Waals surface area contributed by atoms with Crippen LogP contribution < -0.4 is 5.32 Å². The Labute approximate surface area is 113 Å². The lowest BCUT2D eigenvalue weighted by molar-refractivity contribution is 0.202. The average molecular weight is 260 g/mol. The van der Waals surface area contributed by atoms with Crippen LogP contribution in [-0.4, -0.2) is 35.3 Å². The minimum absolute atomic E-state index is 0.703. The number of para-hydroxylation sites is 1. The first-order chi connectivity index (χ1) is 9.36. The van der Waals surface area contributed by atoms with E-state index in [2.05, 4.69) is 34.7 Å². The molecule has 0 unspecified atom stereocenters. The highest BCUT2D eigenvalue weighted by Gasteiger charge is 2.09. The molecule has 1 heterocycles. The highest BCUT2D eigenvalue weighted by Crippen LogP contribution is 2.16. The lowest BCUT2D eigenvalue weighted by atomic mass is 10.1. The minimum Gasteiger partial charge on any atom is -0.384 e. The molecule has 19 heavy (non-hydrogen) atoms. The zero-order valence-corrected chi connectivity index (χ0v) is 11.5. The summed E-state index contributed by atoms with van der Waals surface area (Å²) in [6.45, 7) is 4.48. The summed E-state index contributed by atoms with van der Waals surface area (Å²) in [6.07, 6.45) is 2.67. The van der Waals surface area contributed by atoms with Crippen LogP contribution in [0, 0.1) is 0 Å². The second-order valence-corrected chi connectivity index (χ2v) is 4.29. The van der Waals surface area contributed by atoms with Crippen molar-refractivity contribution in [2.24, 2.45) is 0 Å². The molecule has 2 rings (SSSR count). The lowest BCUT2D eigenvalue weighted by Crippen LogP contribution is -2.16. The Hall–Kier alpha value is -1.72. The molecule has 5 heteroatoms. The second-order valence-electron chi connectivity index (χ2n) is 4.29. The fourth-order valence-corrected chi connectivity index (χ4v) is 1.97.